The summed E-state index contributed by atoms with van der Waals surface area (Å²) in [4.78, 5) is 26.9. The van der Waals surface area contributed by atoms with Crippen LogP contribution in [0.3, 0.4) is 0 Å². The molecule has 1 aromatic carbocycles. The number of hydrogen-bond donors (Lipinski definition) is 0. The molecule has 6 heteroatoms. The number of carbonyl (C=O) groups is 2. The molecule has 2 bridgehead atoms. The molecule has 2 fully saturated rings. The van der Waals surface area contributed by atoms with Crippen LogP contribution in [-0.4, -0.2) is 11.8 Å². The van der Waals surface area contributed by atoms with Gasteiger partial charge in [0.15, 0.2) is 0 Å². The van der Waals surface area contributed by atoms with E-state index in [0.29, 0.717) is 10.7 Å². The highest BCUT2D eigenvalue weighted by Gasteiger charge is 2.57. The first kappa shape index (κ1) is 14.6. The maximum atomic E-state index is 12.8. The molecule has 0 spiro atoms. The first-order chi connectivity index (χ1) is 10.5. The third kappa shape index (κ3) is 1.89. The zero-order valence-corrected chi connectivity index (χ0v) is 13.7. The van der Waals surface area contributed by atoms with Crippen LogP contribution >= 0.6 is 34.8 Å². The van der Waals surface area contributed by atoms with Gasteiger partial charge in [0.25, 0.3) is 0 Å². The molecule has 1 aliphatic heterocycles. The molecule has 3 aliphatic carbocycles. The van der Waals surface area contributed by atoms with Crippen molar-refractivity contribution in [1.29, 1.82) is 0 Å². The third-order valence-corrected chi connectivity index (χ3v) is 6.01. The molecule has 5 rings (SSSR count). The Morgan fingerprint density at radius 3 is 1.82 bits per heavy atom. The van der Waals surface area contributed by atoms with Crippen molar-refractivity contribution >= 4 is 52.3 Å². The zero-order valence-electron chi connectivity index (χ0n) is 11.4. The normalized spacial score (nSPS) is 32.8. The van der Waals surface area contributed by atoms with Crippen LogP contribution in [0.4, 0.5) is 5.69 Å². The average molecular weight is 357 g/mol. The fourth-order valence-corrected chi connectivity index (χ4v) is 4.62. The number of anilines is 1. The summed E-state index contributed by atoms with van der Waals surface area (Å²) >= 11 is 18.2. The van der Waals surface area contributed by atoms with E-state index in [2.05, 4.69) is 12.2 Å². The Kier molecular flexibility index (Phi) is 3.30. The molecule has 0 N–H and O–H groups in total. The second-order valence-corrected chi connectivity index (χ2v) is 7.29. The lowest BCUT2D eigenvalue weighted by molar-refractivity contribution is -0.124. The number of hydrogen-bond acceptors (Lipinski definition) is 2. The minimum atomic E-state index is -0.262. The maximum Gasteiger partial charge on any atom is 0.238 e. The summed E-state index contributed by atoms with van der Waals surface area (Å²) in [5.74, 6) is -0.566. The van der Waals surface area contributed by atoms with Crippen LogP contribution in [0.2, 0.25) is 15.1 Å². The van der Waals surface area contributed by atoms with Crippen LogP contribution in [0.1, 0.15) is 12.8 Å². The summed E-state index contributed by atoms with van der Waals surface area (Å²) in [5, 5.41) is 0.835. The van der Waals surface area contributed by atoms with E-state index in [1.165, 1.54) is 17.0 Å². The van der Waals surface area contributed by atoms with Gasteiger partial charge in [0, 0.05) is 0 Å². The summed E-state index contributed by atoms with van der Waals surface area (Å²) in [6.07, 6.45) is 6.09. The Hall–Kier alpha value is -1.03. The number of nitrogens with zero attached hydrogens (tertiary/aromatic N) is 1. The third-order valence-electron chi connectivity index (χ3n) is 4.99. The Labute approximate surface area is 142 Å². The molecule has 22 heavy (non-hydrogen) atoms. The Balaban J connectivity index is 1.80. The van der Waals surface area contributed by atoms with E-state index in [4.69, 9.17) is 34.8 Å². The van der Waals surface area contributed by atoms with Gasteiger partial charge >= 0.3 is 0 Å². The zero-order chi connectivity index (χ0) is 15.6. The number of allylic oxidation sites excluding steroid dienone is 2. The number of carbonyl (C=O) groups excluding carboxylic acids is 2. The Morgan fingerprint density at radius 2 is 1.32 bits per heavy atom. The molecule has 1 aromatic rings. The van der Waals surface area contributed by atoms with Gasteiger partial charge in [-0.3, -0.25) is 9.59 Å². The lowest BCUT2D eigenvalue weighted by Crippen LogP contribution is -2.38. The second kappa shape index (κ2) is 4.98. The molecule has 1 saturated carbocycles. The summed E-state index contributed by atoms with van der Waals surface area (Å²) in [6, 6.07) is 2.96. The van der Waals surface area contributed by atoms with Gasteiger partial charge in [-0.2, -0.15) is 0 Å². The molecule has 1 saturated heterocycles. The first-order valence-electron chi connectivity index (χ1n) is 7.19. The molecule has 0 radical (unpaired) electrons. The first-order valence-corrected chi connectivity index (χ1v) is 8.33. The van der Waals surface area contributed by atoms with Crippen molar-refractivity contribution < 1.29 is 9.59 Å². The van der Waals surface area contributed by atoms with Crippen LogP contribution < -0.4 is 4.90 Å². The smallest absolute Gasteiger partial charge is 0.238 e. The van der Waals surface area contributed by atoms with Gasteiger partial charge < -0.3 is 0 Å². The Bertz CT molecular complexity index is 698. The van der Waals surface area contributed by atoms with Crippen molar-refractivity contribution in [2.75, 3.05) is 4.90 Å². The summed E-state index contributed by atoms with van der Waals surface area (Å²) in [7, 11) is 0. The number of halogens is 3. The monoisotopic (exact) mass is 355 g/mol. The summed E-state index contributed by atoms with van der Waals surface area (Å²) < 4.78 is 0. The minimum Gasteiger partial charge on any atom is -0.274 e. The van der Waals surface area contributed by atoms with Crippen molar-refractivity contribution in [2.24, 2.45) is 23.7 Å². The van der Waals surface area contributed by atoms with Crippen molar-refractivity contribution in [2.45, 2.75) is 12.8 Å². The van der Waals surface area contributed by atoms with Gasteiger partial charge in [-0.25, -0.2) is 4.90 Å². The van der Waals surface area contributed by atoms with E-state index >= 15 is 0 Å². The molecule has 4 aliphatic rings. The van der Waals surface area contributed by atoms with Crippen LogP contribution in [0.15, 0.2) is 24.3 Å². The molecule has 3 nitrogen and oxygen atoms in total. The van der Waals surface area contributed by atoms with Crippen LogP contribution in [0, 0.1) is 23.7 Å². The van der Waals surface area contributed by atoms with Gasteiger partial charge in [0.1, 0.15) is 0 Å². The Morgan fingerprint density at radius 1 is 0.818 bits per heavy atom. The molecule has 4 atom stereocenters. The van der Waals surface area contributed by atoms with Crippen LogP contribution in [0.5, 0.6) is 0 Å². The SMILES string of the molecule is O=C1[C@@H]2[C@H](C(=O)N1c1cc(Cl)c(Cl)cc1Cl)[C@@H]1C=C[C@H]2CC1. The van der Waals surface area contributed by atoms with E-state index in [1.54, 1.807) is 0 Å². The number of fused-ring (bicyclic) bond motifs is 1. The standard InChI is InChI=1S/C16H12Cl3NO2/c17-9-5-11(19)12(6-10(9)18)20-15(21)13-7-1-2-8(4-3-7)14(13)16(20)22/h1-2,5-8,13-14H,3-4H2/t7-,8+,13-,14+. The quantitative estimate of drug-likeness (QED) is 0.426. The van der Waals surface area contributed by atoms with Crippen molar-refractivity contribution in [3.05, 3.63) is 39.4 Å². The van der Waals surface area contributed by atoms with E-state index in [9.17, 15) is 9.59 Å². The van der Waals surface area contributed by atoms with E-state index in [0.717, 1.165) is 12.8 Å². The fourth-order valence-electron chi connectivity index (χ4n) is 4.00. The van der Waals surface area contributed by atoms with Crippen LogP contribution in [0.25, 0.3) is 0 Å². The molecule has 1 heterocycles. The highest BCUT2D eigenvalue weighted by Crippen LogP contribution is 2.51. The van der Waals surface area contributed by atoms with Gasteiger partial charge in [-0.15, -0.1) is 0 Å². The van der Waals surface area contributed by atoms with Gasteiger partial charge in [0.2, 0.25) is 11.8 Å². The van der Waals surface area contributed by atoms with Crippen LogP contribution in [-0.2, 0) is 9.59 Å². The summed E-state index contributed by atoms with van der Waals surface area (Å²) in [6.45, 7) is 0. The van der Waals surface area contributed by atoms with Crippen molar-refractivity contribution in [3.8, 4) is 0 Å². The number of amides is 2. The lowest BCUT2D eigenvalue weighted by atomic mass is 9.63. The summed E-state index contributed by atoms with van der Waals surface area (Å²) in [5.41, 5.74) is 0.333. The molecule has 114 valence electrons. The number of imide groups is 1. The lowest BCUT2D eigenvalue weighted by Gasteiger charge is -2.38. The topological polar surface area (TPSA) is 37.4 Å². The molecule has 0 unspecified atom stereocenters. The second-order valence-electron chi connectivity index (χ2n) is 6.07. The van der Waals surface area contributed by atoms with E-state index in [-0.39, 0.29) is 45.5 Å². The average Bonchev–Trinajstić information content (AvgIpc) is 2.78. The minimum absolute atomic E-state index is 0.151. The predicted octanol–water partition coefficient (Wildman–Crippen LogP) is 4.35. The number of rotatable bonds is 1. The van der Waals surface area contributed by atoms with Gasteiger partial charge in [-0.1, -0.05) is 47.0 Å². The van der Waals surface area contributed by atoms with Crippen molar-refractivity contribution in [3.63, 3.8) is 0 Å². The fraction of sp³-hybridized carbons (Fsp3) is 0.375. The van der Waals surface area contributed by atoms with Crippen molar-refractivity contribution in [1.82, 2.24) is 0 Å². The molecule has 2 amide bonds. The van der Waals surface area contributed by atoms with E-state index in [1.807, 2.05) is 0 Å². The largest absolute Gasteiger partial charge is 0.274 e. The molecule has 0 aromatic heterocycles. The highest BCUT2D eigenvalue weighted by atomic mass is 35.5. The molecular weight excluding hydrogens is 345 g/mol. The number of benzene rings is 1. The highest BCUT2D eigenvalue weighted by molar-refractivity contribution is 6.44. The molecular formula is C16H12Cl3NO2. The maximum absolute atomic E-state index is 12.8. The van der Waals surface area contributed by atoms with Gasteiger partial charge in [-0.05, 0) is 36.8 Å². The predicted molar refractivity (Wildman–Crippen MR) is 86.3 cm³/mol. The van der Waals surface area contributed by atoms with E-state index < -0.39 is 0 Å². The van der Waals surface area contributed by atoms with Gasteiger partial charge in [0.05, 0.1) is 32.6 Å².